The Hall–Kier alpha value is -2.16. The largest absolute Gasteiger partial charge is 0.337 e. The number of carbonyl (C=O) groups is 1. The van der Waals surface area contributed by atoms with Crippen LogP contribution in [0.5, 0.6) is 0 Å². The average Bonchev–Trinajstić information content (AvgIpc) is 3.16. The molecule has 0 aliphatic heterocycles. The third kappa shape index (κ3) is 5.41. The minimum Gasteiger partial charge on any atom is -0.337 e. The van der Waals surface area contributed by atoms with Gasteiger partial charge in [-0.3, -0.25) is 10.1 Å². The van der Waals surface area contributed by atoms with E-state index >= 15 is 0 Å². The van der Waals surface area contributed by atoms with Crippen molar-refractivity contribution in [3.05, 3.63) is 57.8 Å². The van der Waals surface area contributed by atoms with Gasteiger partial charge in [-0.05, 0) is 41.3 Å². The molecule has 2 rings (SSSR count). The Labute approximate surface area is 166 Å². The highest BCUT2D eigenvalue weighted by Gasteiger charge is 2.30. The molecule has 1 aromatic heterocycles. The standard InChI is InChI=1S/C22H29N3OS/c1-15(2)17-8-10-18(11-9-17)21(19-7-6-12-27-19)24-13-20(26)25-22(5,14-23)16(3)4/h6-12,15-16,21,24H,13H2,1-5H3,(H,25,26)/t21-,22+/m0/s1. The molecule has 0 aliphatic rings. The highest BCUT2D eigenvalue weighted by atomic mass is 32.1. The topological polar surface area (TPSA) is 64.9 Å². The number of hydrogen-bond donors (Lipinski definition) is 2. The lowest BCUT2D eigenvalue weighted by Gasteiger charge is -2.28. The number of nitriles is 1. The monoisotopic (exact) mass is 383 g/mol. The molecule has 5 heteroatoms. The zero-order valence-corrected chi connectivity index (χ0v) is 17.6. The molecule has 0 unspecified atom stereocenters. The summed E-state index contributed by atoms with van der Waals surface area (Å²) >= 11 is 1.66. The molecule has 2 atom stereocenters. The van der Waals surface area contributed by atoms with Crippen LogP contribution in [-0.2, 0) is 4.79 Å². The van der Waals surface area contributed by atoms with Crippen molar-refractivity contribution in [2.24, 2.45) is 5.92 Å². The van der Waals surface area contributed by atoms with Crippen molar-refractivity contribution >= 4 is 17.2 Å². The highest BCUT2D eigenvalue weighted by Crippen LogP contribution is 2.27. The number of amides is 1. The van der Waals surface area contributed by atoms with E-state index in [1.165, 1.54) is 5.56 Å². The molecule has 27 heavy (non-hydrogen) atoms. The SMILES string of the molecule is CC(C)c1ccc([C@H](NCC(=O)N[C@](C)(C#N)C(C)C)c2cccs2)cc1. The summed E-state index contributed by atoms with van der Waals surface area (Å²) in [5.41, 5.74) is 1.56. The van der Waals surface area contributed by atoms with Crippen molar-refractivity contribution in [1.29, 1.82) is 5.26 Å². The van der Waals surface area contributed by atoms with Gasteiger partial charge in [0.15, 0.2) is 0 Å². The number of benzene rings is 1. The van der Waals surface area contributed by atoms with E-state index in [9.17, 15) is 10.1 Å². The summed E-state index contributed by atoms with van der Waals surface area (Å²) in [6.45, 7) is 10.1. The molecule has 0 spiro atoms. The summed E-state index contributed by atoms with van der Waals surface area (Å²) in [4.78, 5) is 13.6. The van der Waals surface area contributed by atoms with Gasteiger partial charge in [-0.1, -0.05) is 58.0 Å². The van der Waals surface area contributed by atoms with Crippen LogP contribution in [0.1, 0.15) is 62.6 Å². The van der Waals surface area contributed by atoms with Crippen LogP contribution in [0.3, 0.4) is 0 Å². The number of thiophene rings is 1. The third-order valence-electron chi connectivity index (χ3n) is 5.02. The van der Waals surface area contributed by atoms with E-state index in [1.807, 2.05) is 25.3 Å². The van der Waals surface area contributed by atoms with Gasteiger partial charge in [0.1, 0.15) is 5.54 Å². The summed E-state index contributed by atoms with van der Waals surface area (Å²) in [5.74, 6) is 0.342. The molecule has 2 N–H and O–H groups in total. The van der Waals surface area contributed by atoms with Crippen LogP contribution in [0, 0.1) is 17.2 Å². The van der Waals surface area contributed by atoms with Crippen LogP contribution in [0.2, 0.25) is 0 Å². The molecular formula is C22H29N3OS. The third-order valence-corrected chi connectivity index (χ3v) is 5.95. The second-order valence-electron chi connectivity index (χ2n) is 7.67. The van der Waals surface area contributed by atoms with E-state index in [1.54, 1.807) is 18.3 Å². The Bertz CT molecular complexity index is 775. The second-order valence-corrected chi connectivity index (χ2v) is 8.65. The number of rotatable bonds is 8. The molecule has 0 fully saturated rings. The lowest BCUT2D eigenvalue weighted by atomic mass is 9.90. The predicted octanol–water partition coefficient (Wildman–Crippen LogP) is 4.60. The maximum atomic E-state index is 12.4. The van der Waals surface area contributed by atoms with Crippen molar-refractivity contribution in [2.75, 3.05) is 6.54 Å². The first-order chi connectivity index (χ1) is 12.8. The van der Waals surface area contributed by atoms with Crippen LogP contribution in [0.25, 0.3) is 0 Å². The first-order valence-corrected chi connectivity index (χ1v) is 10.2. The van der Waals surface area contributed by atoms with E-state index in [0.717, 1.165) is 10.4 Å². The normalized spacial score (nSPS) is 14.6. The average molecular weight is 384 g/mol. The quantitative estimate of drug-likeness (QED) is 0.700. The molecule has 4 nitrogen and oxygen atoms in total. The van der Waals surface area contributed by atoms with Crippen molar-refractivity contribution in [3.63, 3.8) is 0 Å². The predicted molar refractivity (Wildman–Crippen MR) is 112 cm³/mol. The molecule has 0 bridgehead atoms. The minimum absolute atomic E-state index is 0.0307. The van der Waals surface area contributed by atoms with Crippen LogP contribution >= 0.6 is 11.3 Å². The Balaban J connectivity index is 2.13. The van der Waals surface area contributed by atoms with Crippen LogP contribution in [0.4, 0.5) is 0 Å². The van der Waals surface area contributed by atoms with Gasteiger partial charge >= 0.3 is 0 Å². The minimum atomic E-state index is -0.865. The van der Waals surface area contributed by atoms with Crippen LogP contribution < -0.4 is 10.6 Å². The van der Waals surface area contributed by atoms with Gasteiger partial charge in [0, 0.05) is 4.88 Å². The van der Waals surface area contributed by atoms with E-state index in [0.29, 0.717) is 5.92 Å². The van der Waals surface area contributed by atoms with E-state index < -0.39 is 5.54 Å². The van der Waals surface area contributed by atoms with Gasteiger partial charge < -0.3 is 5.32 Å². The van der Waals surface area contributed by atoms with Crippen LogP contribution in [-0.4, -0.2) is 18.0 Å². The second kappa shape index (κ2) is 9.16. The van der Waals surface area contributed by atoms with Crippen molar-refractivity contribution < 1.29 is 4.79 Å². The summed E-state index contributed by atoms with van der Waals surface area (Å²) in [6, 6.07) is 14.8. The molecular weight excluding hydrogens is 354 g/mol. The molecule has 0 saturated heterocycles. The van der Waals surface area contributed by atoms with E-state index in [-0.39, 0.29) is 24.4 Å². The first kappa shape index (κ1) is 21.1. The van der Waals surface area contributed by atoms with Crippen LogP contribution in [0.15, 0.2) is 41.8 Å². The van der Waals surface area contributed by atoms with Gasteiger partial charge in [-0.25, -0.2) is 0 Å². The molecule has 0 radical (unpaired) electrons. The Kier molecular flexibility index (Phi) is 7.18. The van der Waals surface area contributed by atoms with Gasteiger partial charge in [0.05, 0.1) is 18.7 Å². The smallest absolute Gasteiger partial charge is 0.235 e. The van der Waals surface area contributed by atoms with Gasteiger partial charge in [-0.15, -0.1) is 11.3 Å². The summed E-state index contributed by atoms with van der Waals surface area (Å²) in [5, 5.41) is 17.7. The first-order valence-electron chi connectivity index (χ1n) is 9.35. The number of nitrogens with one attached hydrogen (secondary N) is 2. The van der Waals surface area contributed by atoms with Crippen molar-refractivity contribution in [1.82, 2.24) is 10.6 Å². The van der Waals surface area contributed by atoms with Crippen molar-refractivity contribution in [2.45, 2.75) is 52.1 Å². The molecule has 0 aliphatic carbocycles. The molecule has 1 amide bonds. The lowest BCUT2D eigenvalue weighted by Crippen LogP contribution is -2.51. The molecule has 144 valence electrons. The Morgan fingerprint density at radius 2 is 1.78 bits per heavy atom. The van der Waals surface area contributed by atoms with E-state index in [2.05, 4.69) is 60.9 Å². The maximum Gasteiger partial charge on any atom is 0.235 e. The fourth-order valence-corrected chi connectivity index (χ4v) is 3.57. The molecule has 2 aromatic rings. The number of carbonyl (C=O) groups excluding carboxylic acids is 1. The molecule has 1 heterocycles. The fourth-order valence-electron chi connectivity index (χ4n) is 2.74. The highest BCUT2D eigenvalue weighted by molar-refractivity contribution is 7.10. The molecule has 0 saturated carbocycles. The van der Waals surface area contributed by atoms with Gasteiger partial charge in [0.25, 0.3) is 0 Å². The van der Waals surface area contributed by atoms with E-state index in [4.69, 9.17) is 0 Å². The zero-order valence-electron chi connectivity index (χ0n) is 16.7. The number of nitrogens with zero attached hydrogens (tertiary/aromatic N) is 1. The van der Waals surface area contributed by atoms with Gasteiger partial charge in [-0.2, -0.15) is 5.26 Å². The summed E-state index contributed by atoms with van der Waals surface area (Å²) < 4.78 is 0. The Morgan fingerprint density at radius 1 is 1.15 bits per heavy atom. The summed E-state index contributed by atoms with van der Waals surface area (Å²) in [7, 11) is 0. The number of hydrogen-bond acceptors (Lipinski definition) is 4. The van der Waals surface area contributed by atoms with Gasteiger partial charge in [0.2, 0.25) is 5.91 Å². The maximum absolute atomic E-state index is 12.4. The van der Waals surface area contributed by atoms with Crippen molar-refractivity contribution in [3.8, 4) is 6.07 Å². The molecule has 1 aromatic carbocycles. The Morgan fingerprint density at radius 3 is 2.26 bits per heavy atom. The zero-order chi connectivity index (χ0) is 20.0. The fraction of sp³-hybridized carbons (Fsp3) is 0.455. The summed E-state index contributed by atoms with van der Waals surface area (Å²) in [6.07, 6.45) is 0. The lowest BCUT2D eigenvalue weighted by molar-refractivity contribution is -0.121.